The molecular formula is C14H11F6N3O3S. The lowest BCUT2D eigenvalue weighted by atomic mass is 10.1. The van der Waals surface area contributed by atoms with Gasteiger partial charge in [0.05, 0.1) is 22.6 Å². The smallest absolute Gasteiger partial charge is 0.268 e. The Morgan fingerprint density at radius 1 is 1.00 bits per heavy atom. The summed E-state index contributed by atoms with van der Waals surface area (Å²) in [6, 6.07) is 2.51. The van der Waals surface area contributed by atoms with Gasteiger partial charge in [-0.05, 0) is 24.3 Å². The zero-order valence-electron chi connectivity index (χ0n) is 13.2. The minimum Gasteiger partial charge on any atom is -0.268 e. The number of rotatable bonds is 5. The molecule has 0 bridgehead atoms. The molecule has 0 saturated carbocycles. The van der Waals surface area contributed by atoms with Gasteiger partial charge in [-0.15, -0.1) is 0 Å². The Morgan fingerprint density at radius 3 is 2.04 bits per heavy atom. The number of hydrogen-bond donors (Lipinski definition) is 1. The summed E-state index contributed by atoms with van der Waals surface area (Å²) in [6.07, 6.45) is -9.10. The molecule has 1 aromatic heterocycles. The predicted molar refractivity (Wildman–Crippen MR) is 80.1 cm³/mol. The van der Waals surface area contributed by atoms with Crippen LogP contribution in [-0.4, -0.2) is 24.7 Å². The number of benzene rings is 1. The fourth-order valence-electron chi connectivity index (χ4n) is 2.01. The third-order valence-electron chi connectivity index (χ3n) is 3.27. The van der Waals surface area contributed by atoms with E-state index in [4.69, 9.17) is 0 Å². The van der Waals surface area contributed by atoms with E-state index >= 15 is 0 Å². The highest BCUT2D eigenvalue weighted by atomic mass is 32.2. The second kappa shape index (κ2) is 7.31. The van der Waals surface area contributed by atoms with Crippen LogP contribution in [0.15, 0.2) is 46.2 Å². The third kappa shape index (κ3) is 5.29. The van der Waals surface area contributed by atoms with Crippen LogP contribution in [0.2, 0.25) is 0 Å². The summed E-state index contributed by atoms with van der Waals surface area (Å²) in [5.41, 5.74) is -4.06. The molecule has 0 radical (unpaired) electrons. The van der Waals surface area contributed by atoms with Crippen LogP contribution in [0.5, 0.6) is 0 Å². The molecule has 0 spiro atoms. The Labute approximate surface area is 148 Å². The van der Waals surface area contributed by atoms with E-state index in [-0.39, 0.29) is 24.7 Å². The Hall–Kier alpha value is -2.41. The Balaban J connectivity index is 2.31. The molecule has 13 heteroatoms. The quantitative estimate of drug-likeness (QED) is 0.760. The van der Waals surface area contributed by atoms with Gasteiger partial charge in [0.15, 0.2) is 0 Å². The maximum Gasteiger partial charge on any atom is 0.416 e. The molecule has 0 aliphatic heterocycles. The normalized spacial score (nSPS) is 13.0. The van der Waals surface area contributed by atoms with Crippen LogP contribution in [0.4, 0.5) is 26.3 Å². The van der Waals surface area contributed by atoms with Gasteiger partial charge in [-0.2, -0.15) is 31.4 Å². The van der Waals surface area contributed by atoms with Crippen molar-refractivity contribution < 1.29 is 34.8 Å². The molecule has 27 heavy (non-hydrogen) atoms. The van der Waals surface area contributed by atoms with E-state index in [0.29, 0.717) is 0 Å². The average molecular weight is 415 g/mol. The molecule has 0 saturated heterocycles. The summed E-state index contributed by atoms with van der Waals surface area (Å²) in [5, 5.41) is 3.64. The third-order valence-corrected chi connectivity index (χ3v) is 4.71. The van der Waals surface area contributed by atoms with Crippen molar-refractivity contribution in [1.29, 1.82) is 0 Å². The number of aromatic nitrogens is 2. The minimum absolute atomic E-state index is 0.102. The molecule has 1 aromatic carbocycles. The largest absolute Gasteiger partial charge is 0.416 e. The van der Waals surface area contributed by atoms with Crippen molar-refractivity contribution in [2.45, 2.75) is 23.8 Å². The van der Waals surface area contributed by atoms with Crippen LogP contribution in [0.25, 0.3) is 0 Å². The van der Waals surface area contributed by atoms with E-state index < -0.39 is 50.5 Å². The highest BCUT2D eigenvalue weighted by Gasteiger charge is 2.38. The summed E-state index contributed by atoms with van der Waals surface area (Å²) < 4.78 is 104. The average Bonchev–Trinajstić information content (AvgIpc) is 2.54. The fourth-order valence-corrected chi connectivity index (χ4v) is 3.10. The van der Waals surface area contributed by atoms with Crippen LogP contribution >= 0.6 is 0 Å². The Morgan fingerprint density at radius 2 is 1.56 bits per heavy atom. The Bertz CT molecular complexity index is 950. The lowest BCUT2D eigenvalue weighted by Gasteiger charge is -2.15. The lowest BCUT2D eigenvalue weighted by molar-refractivity contribution is -0.143. The summed E-state index contributed by atoms with van der Waals surface area (Å²) in [4.78, 5) is 10.2. The number of hydrogen-bond acceptors (Lipinski definition) is 4. The number of nitrogens with one attached hydrogen (secondary N) is 1. The minimum atomic E-state index is -5.17. The van der Waals surface area contributed by atoms with E-state index in [0.717, 1.165) is 10.7 Å². The first kappa shape index (κ1) is 20.9. The van der Waals surface area contributed by atoms with Crippen molar-refractivity contribution in [3.8, 4) is 0 Å². The lowest BCUT2D eigenvalue weighted by Crippen LogP contribution is -2.32. The standard InChI is InChI=1S/C14H11F6N3O3S/c15-13(16,17)9-6-10(14(18,19)20)8-11(7-9)27(25,26)22-4-5-23-12(24)2-1-3-21-23/h1-3,6-8,22H,4-5H2. The molecule has 1 N–H and O–H groups in total. The molecule has 0 fully saturated rings. The van der Waals surface area contributed by atoms with Crippen molar-refractivity contribution in [2.75, 3.05) is 6.54 Å². The Kier molecular flexibility index (Phi) is 5.65. The summed E-state index contributed by atoms with van der Waals surface area (Å²) in [7, 11) is -4.70. The van der Waals surface area contributed by atoms with Crippen molar-refractivity contribution in [2.24, 2.45) is 0 Å². The molecule has 0 amide bonds. The van der Waals surface area contributed by atoms with Crippen LogP contribution < -0.4 is 10.3 Å². The second-order valence-electron chi connectivity index (χ2n) is 5.22. The van der Waals surface area contributed by atoms with E-state index in [9.17, 15) is 39.6 Å². The van der Waals surface area contributed by atoms with E-state index in [2.05, 4.69) is 5.10 Å². The molecular weight excluding hydrogens is 404 g/mol. The molecule has 1 heterocycles. The van der Waals surface area contributed by atoms with Gasteiger partial charge >= 0.3 is 12.4 Å². The van der Waals surface area contributed by atoms with Crippen LogP contribution in [0.3, 0.4) is 0 Å². The second-order valence-corrected chi connectivity index (χ2v) is 6.99. The summed E-state index contributed by atoms with van der Waals surface area (Å²) in [5.74, 6) is 0. The van der Waals surface area contributed by atoms with E-state index in [1.54, 1.807) is 0 Å². The van der Waals surface area contributed by atoms with Crippen molar-refractivity contribution in [3.05, 3.63) is 58.0 Å². The number of alkyl halides is 6. The van der Waals surface area contributed by atoms with Gasteiger partial charge in [-0.25, -0.2) is 17.8 Å². The molecule has 0 unspecified atom stereocenters. The first-order valence-corrected chi connectivity index (χ1v) is 8.60. The molecule has 0 aliphatic carbocycles. The first-order chi connectivity index (χ1) is 12.3. The molecule has 2 aromatic rings. The van der Waals surface area contributed by atoms with Gasteiger partial charge in [-0.3, -0.25) is 4.79 Å². The van der Waals surface area contributed by atoms with Crippen LogP contribution in [-0.2, 0) is 28.9 Å². The first-order valence-electron chi connectivity index (χ1n) is 7.12. The fraction of sp³-hybridized carbons (Fsp3) is 0.286. The van der Waals surface area contributed by atoms with Gasteiger partial charge < -0.3 is 0 Å². The van der Waals surface area contributed by atoms with Gasteiger partial charge in [0.2, 0.25) is 10.0 Å². The number of halogens is 6. The highest BCUT2D eigenvalue weighted by Crippen LogP contribution is 2.37. The van der Waals surface area contributed by atoms with Gasteiger partial charge in [0, 0.05) is 18.8 Å². The van der Waals surface area contributed by atoms with E-state index in [1.165, 1.54) is 12.3 Å². The van der Waals surface area contributed by atoms with Crippen molar-refractivity contribution >= 4 is 10.0 Å². The molecule has 0 atom stereocenters. The molecule has 2 rings (SSSR count). The molecule has 6 nitrogen and oxygen atoms in total. The van der Waals surface area contributed by atoms with Gasteiger partial charge in [0.25, 0.3) is 5.56 Å². The SMILES string of the molecule is O=c1cccnn1CCNS(=O)(=O)c1cc(C(F)(F)F)cc(C(F)(F)F)c1. The van der Waals surface area contributed by atoms with Crippen molar-refractivity contribution in [3.63, 3.8) is 0 Å². The topological polar surface area (TPSA) is 81.1 Å². The van der Waals surface area contributed by atoms with Crippen molar-refractivity contribution in [1.82, 2.24) is 14.5 Å². The maximum absolute atomic E-state index is 12.8. The zero-order valence-corrected chi connectivity index (χ0v) is 14.0. The highest BCUT2D eigenvalue weighted by molar-refractivity contribution is 7.89. The molecule has 148 valence electrons. The maximum atomic E-state index is 12.8. The monoisotopic (exact) mass is 415 g/mol. The summed E-state index contributed by atoms with van der Waals surface area (Å²) >= 11 is 0. The van der Waals surface area contributed by atoms with E-state index in [1.807, 2.05) is 4.72 Å². The van der Waals surface area contributed by atoms with Crippen LogP contribution in [0, 0.1) is 0 Å². The molecule has 0 aliphatic rings. The number of sulfonamides is 1. The zero-order chi connectivity index (χ0) is 20.5. The van der Waals surface area contributed by atoms with Gasteiger partial charge in [-0.1, -0.05) is 0 Å². The predicted octanol–water partition coefficient (Wildman–Crippen LogP) is 2.26. The summed E-state index contributed by atoms with van der Waals surface area (Å²) in [6.45, 7) is -0.749. The van der Waals surface area contributed by atoms with Gasteiger partial charge in [0.1, 0.15) is 0 Å². The number of nitrogens with zero attached hydrogens (tertiary/aromatic N) is 2. The van der Waals surface area contributed by atoms with Crippen LogP contribution in [0.1, 0.15) is 11.1 Å².